The molecule has 0 aliphatic carbocycles. The fourth-order valence-electron chi connectivity index (χ4n) is 4.46. The Morgan fingerprint density at radius 2 is 1.94 bits per heavy atom. The Labute approximate surface area is 213 Å². The van der Waals surface area contributed by atoms with Crippen LogP contribution < -0.4 is 5.32 Å². The van der Waals surface area contributed by atoms with Crippen molar-refractivity contribution in [3.63, 3.8) is 0 Å². The molecule has 4 amide bonds. The maximum Gasteiger partial charge on any atom is 0.249 e. The van der Waals surface area contributed by atoms with Crippen LogP contribution in [0.3, 0.4) is 0 Å². The molecule has 1 saturated heterocycles. The summed E-state index contributed by atoms with van der Waals surface area (Å²) in [7, 11) is 1.65. The molecule has 9 nitrogen and oxygen atoms in total. The second-order valence-corrected chi connectivity index (χ2v) is 9.40. The van der Waals surface area contributed by atoms with Crippen LogP contribution in [-0.2, 0) is 25.7 Å². The molecule has 0 radical (unpaired) electrons. The minimum absolute atomic E-state index is 0.0290. The Kier molecular flexibility index (Phi) is 11.1. The van der Waals surface area contributed by atoms with Gasteiger partial charge in [0.05, 0.1) is 25.1 Å². The van der Waals surface area contributed by atoms with Crippen LogP contribution in [0.1, 0.15) is 45.6 Å². The molecule has 1 heterocycles. The molecular formula is C27H37N5O4. The smallest absolute Gasteiger partial charge is 0.249 e. The molecule has 36 heavy (non-hydrogen) atoms. The number of nitriles is 1. The van der Waals surface area contributed by atoms with Crippen molar-refractivity contribution in [1.82, 2.24) is 20.0 Å². The fraction of sp³-hybridized carbons (Fsp3) is 0.519. The van der Waals surface area contributed by atoms with Gasteiger partial charge in [0.25, 0.3) is 0 Å². The third-order valence-electron chi connectivity index (χ3n) is 6.44. The largest absolute Gasteiger partial charge is 0.350 e. The highest BCUT2D eigenvalue weighted by molar-refractivity contribution is 5.97. The van der Waals surface area contributed by atoms with Crippen molar-refractivity contribution in [3.05, 3.63) is 47.5 Å². The van der Waals surface area contributed by atoms with E-state index in [1.807, 2.05) is 44.2 Å². The summed E-state index contributed by atoms with van der Waals surface area (Å²) in [5.41, 5.74) is 1.43. The van der Waals surface area contributed by atoms with Gasteiger partial charge in [-0.1, -0.05) is 50.3 Å². The summed E-state index contributed by atoms with van der Waals surface area (Å²) in [6.45, 7) is 6.65. The van der Waals surface area contributed by atoms with E-state index >= 15 is 0 Å². The first-order chi connectivity index (χ1) is 17.2. The number of carbonyl (C=O) groups is 4. The van der Waals surface area contributed by atoms with Gasteiger partial charge in [-0.25, -0.2) is 0 Å². The van der Waals surface area contributed by atoms with Gasteiger partial charge in [0, 0.05) is 32.3 Å². The molecular weight excluding hydrogens is 458 g/mol. The number of nitrogens with zero attached hydrogens (tertiary/aromatic N) is 4. The SMILES string of the molecule is CC(=C[C@H](C(C)C)N(C)C(=O)CNC=O)C(=O)N1CCC[C@H]1C(=O)N(CCC#N)Cc1ccccc1. The van der Waals surface area contributed by atoms with Crippen LogP contribution in [0.4, 0.5) is 0 Å². The lowest BCUT2D eigenvalue weighted by atomic mass is 9.99. The van der Waals surface area contributed by atoms with Crippen molar-refractivity contribution in [1.29, 1.82) is 5.26 Å². The summed E-state index contributed by atoms with van der Waals surface area (Å²) < 4.78 is 0. The highest BCUT2D eigenvalue weighted by Crippen LogP contribution is 2.24. The molecule has 1 aromatic rings. The molecule has 0 spiro atoms. The number of likely N-dealkylation sites (N-methyl/N-ethyl adjacent to an activating group) is 1. The van der Waals surface area contributed by atoms with E-state index in [0.717, 1.165) is 12.0 Å². The van der Waals surface area contributed by atoms with E-state index in [9.17, 15) is 19.2 Å². The van der Waals surface area contributed by atoms with Gasteiger partial charge >= 0.3 is 0 Å². The average Bonchev–Trinajstić information content (AvgIpc) is 3.37. The molecule has 1 fully saturated rings. The van der Waals surface area contributed by atoms with Crippen molar-refractivity contribution in [2.75, 3.05) is 26.7 Å². The normalized spacial score (nSPS) is 16.3. The Morgan fingerprint density at radius 3 is 2.56 bits per heavy atom. The van der Waals surface area contributed by atoms with E-state index in [-0.39, 0.29) is 42.6 Å². The van der Waals surface area contributed by atoms with Crippen LogP contribution in [0.2, 0.25) is 0 Å². The van der Waals surface area contributed by atoms with Crippen LogP contribution >= 0.6 is 0 Å². The molecule has 0 bridgehead atoms. The monoisotopic (exact) mass is 495 g/mol. The molecule has 194 valence electrons. The Hall–Kier alpha value is -3.67. The minimum atomic E-state index is -0.586. The number of carbonyl (C=O) groups excluding carboxylic acids is 4. The topological polar surface area (TPSA) is 114 Å². The second kappa shape index (κ2) is 14.0. The van der Waals surface area contributed by atoms with Crippen LogP contribution in [0, 0.1) is 17.2 Å². The van der Waals surface area contributed by atoms with Crippen molar-refractivity contribution >= 4 is 24.1 Å². The summed E-state index contributed by atoms with van der Waals surface area (Å²) in [6, 6.07) is 10.8. The number of benzene rings is 1. The van der Waals surface area contributed by atoms with Gasteiger partial charge in [-0.2, -0.15) is 5.26 Å². The summed E-state index contributed by atoms with van der Waals surface area (Å²) in [6.07, 6.45) is 3.74. The Morgan fingerprint density at radius 1 is 1.25 bits per heavy atom. The van der Waals surface area contributed by atoms with Crippen molar-refractivity contribution in [3.8, 4) is 6.07 Å². The average molecular weight is 496 g/mol. The summed E-state index contributed by atoms with van der Waals surface area (Å²) in [4.78, 5) is 54.8. The molecule has 1 aromatic carbocycles. The number of likely N-dealkylation sites (tertiary alicyclic amines) is 1. The molecule has 0 unspecified atom stereocenters. The third-order valence-corrected chi connectivity index (χ3v) is 6.44. The van der Waals surface area contributed by atoms with Gasteiger partial charge < -0.3 is 20.0 Å². The lowest BCUT2D eigenvalue weighted by Crippen LogP contribution is -2.48. The molecule has 1 N–H and O–H groups in total. The molecule has 0 aromatic heterocycles. The van der Waals surface area contributed by atoms with Gasteiger partial charge in [-0.15, -0.1) is 0 Å². The van der Waals surface area contributed by atoms with Gasteiger partial charge in [-0.3, -0.25) is 19.2 Å². The number of hydrogen-bond donors (Lipinski definition) is 1. The maximum absolute atomic E-state index is 13.5. The van der Waals surface area contributed by atoms with Crippen molar-refractivity contribution in [2.45, 2.75) is 58.7 Å². The number of nitrogens with one attached hydrogen (secondary N) is 1. The van der Waals surface area contributed by atoms with E-state index in [1.165, 1.54) is 4.90 Å². The number of rotatable bonds is 12. The van der Waals surface area contributed by atoms with Gasteiger partial charge in [0.2, 0.25) is 24.1 Å². The van der Waals surface area contributed by atoms with E-state index < -0.39 is 6.04 Å². The van der Waals surface area contributed by atoms with Crippen molar-refractivity contribution in [2.24, 2.45) is 5.92 Å². The first-order valence-corrected chi connectivity index (χ1v) is 12.3. The predicted octanol–water partition coefficient (Wildman–Crippen LogP) is 2.10. The zero-order valence-corrected chi connectivity index (χ0v) is 21.6. The van der Waals surface area contributed by atoms with Gasteiger partial charge in [0.15, 0.2) is 0 Å². The summed E-state index contributed by atoms with van der Waals surface area (Å²) in [5.74, 6) is -0.620. The second-order valence-electron chi connectivity index (χ2n) is 9.40. The highest BCUT2D eigenvalue weighted by atomic mass is 16.2. The molecule has 2 atom stereocenters. The lowest BCUT2D eigenvalue weighted by molar-refractivity contribution is -0.142. The number of hydrogen-bond acceptors (Lipinski definition) is 5. The molecule has 0 saturated carbocycles. The zero-order chi connectivity index (χ0) is 26.7. The van der Waals surface area contributed by atoms with E-state index in [1.54, 1.807) is 29.8 Å². The summed E-state index contributed by atoms with van der Waals surface area (Å²) in [5, 5.41) is 11.5. The highest BCUT2D eigenvalue weighted by Gasteiger charge is 2.37. The minimum Gasteiger partial charge on any atom is -0.350 e. The van der Waals surface area contributed by atoms with Gasteiger partial charge in [0.1, 0.15) is 6.04 Å². The standard InChI is InChI=1S/C27H37N5O4/c1-20(2)24(30(4)25(34)17-29-19-33)16-21(3)26(35)32-15-8-12-23(32)27(36)31(14-9-13-28)18-22-10-6-5-7-11-22/h5-7,10-11,16,19-20,23-24H,8-9,12,14-15,17-18H2,1-4H3,(H,29,33)/t23-,24+/m0/s1. The van der Waals surface area contributed by atoms with Crippen LogP contribution in [0.15, 0.2) is 42.0 Å². The quantitative estimate of drug-likeness (QED) is 0.352. The fourth-order valence-corrected chi connectivity index (χ4v) is 4.46. The van der Waals surface area contributed by atoms with Crippen LogP contribution in [0.25, 0.3) is 0 Å². The Balaban J connectivity index is 2.21. The lowest BCUT2D eigenvalue weighted by Gasteiger charge is -2.32. The van der Waals surface area contributed by atoms with Crippen LogP contribution in [-0.4, -0.2) is 77.6 Å². The van der Waals surface area contributed by atoms with Crippen LogP contribution in [0.5, 0.6) is 0 Å². The zero-order valence-electron chi connectivity index (χ0n) is 21.6. The maximum atomic E-state index is 13.5. The van der Waals surface area contributed by atoms with Crippen molar-refractivity contribution < 1.29 is 19.2 Å². The van der Waals surface area contributed by atoms with E-state index in [2.05, 4.69) is 11.4 Å². The molecule has 2 rings (SSSR count). The molecule has 1 aliphatic rings. The first-order valence-electron chi connectivity index (χ1n) is 12.3. The summed E-state index contributed by atoms with van der Waals surface area (Å²) >= 11 is 0. The number of amides is 4. The molecule has 1 aliphatic heterocycles. The first kappa shape index (κ1) is 28.6. The third kappa shape index (κ3) is 7.67. The van der Waals surface area contributed by atoms with E-state index in [4.69, 9.17) is 5.26 Å². The van der Waals surface area contributed by atoms with Gasteiger partial charge in [-0.05, 0) is 31.2 Å². The predicted molar refractivity (Wildman–Crippen MR) is 136 cm³/mol. The van der Waals surface area contributed by atoms with E-state index in [0.29, 0.717) is 38.0 Å². The Bertz CT molecular complexity index is 986. The molecule has 9 heteroatoms.